The molecule has 14 nitrogen and oxygen atoms in total. The predicted octanol–water partition coefficient (Wildman–Crippen LogP) is 3.97. The summed E-state index contributed by atoms with van der Waals surface area (Å²) in [5, 5.41) is 18.9. The van der Waals surface area contributed by atoms with Crippen molar-refractivity contribution in [1.82, 2.24) is 15.1 Å². The van der Waals surface area contributed by atoms with Gasteiger partial charge in [-0.3, -0.25) is 34.2 Å². The molecule has 1 unspecified atom stereocenters. The van der Waals surface area contributed by atoms with Crippen LogP contribution < -0.4 is 24.9 Å². The van der Waals surface area contributed by atoms with E-state index >= 15 is 0 Å². The zero-order valence-electron chi connectivity index (χ0n) is 32.2. The van der Waals surface area contributed by atoms with E-state index in [1.807, 2.05) is 18.2 Å². The summed E-state index contributed by atoms with van der Waals surface area (Å²) in [4.78, 5) is 71.0. The number of nitrogens with one attached hydrogen (secondary N) is 1. The first-order chi connectivity index (χ1) is 27.6. The molecular formula is C42H49ClN8O6. The van der Waals surface area contributed by atoms with Gasteiger partial charge in [0.15, 0.2) is 6.29 Å². The molecule has 0 aromatic heterocycles. The number of likely N-dealkylation sites (N-methyl/N-ethyl adjacent to an activating group) is 1. The lowest BCUT2D eigenvalue weighted by Gasteiger charge is -2.40. The van der Waals surface area contributed by atoms with Gasteiger partial charge in [-0.15, -0.1) is 0 Å². The molecule has 0 saturated carbocycles. The summed E-state index contributed by atoms with van der Waals surface area (Å²) in [7, 11) is 1.54. The zero-order chi connectivity index (χ0) is 40.5. The highest BCUT2D eigenvalue weighted by atomic mass is 35.5. The van der Waals surface area contributed by atoms with Gasteiger partial charge in [-0.05, 0) is 85.8 Å². The maximum atomic E-state index is 13.3. The average molecular weight is 797 g/mol. The highest BCUT2D eigenvalue weighted by Crippen LogP contribution is 2.29. The number of hydrogen-bond donors (Lipinski definition) is 2. The van der Waals surface area contributed by atoms with Gasteiger partial charge in [0.25, 0.3) is 12.4 Å². The standard InChI is InChI=1S/C41H47ClN8O4.CH2O2/c1-45(38-10-11-39(52)44-40(38)53)41(54)36-9-8-34(24-31(36)28-51)47-14-12-29(13-15-47)27-46-16-18-48(19-17-46)32-4-6-33(7-5-32)49-20-22-50(23-21-49)35-3-2-30(26-43)37(42)25-35;2-1-3/h2-9,24-25,28-29,38H,10-23,27H2,1H3,(H,44,52,53);1H,(H,2,3). The molecule has 15 heteroatoms. The van der Waals surface area contributed by atoms with Gasteiger partial charge in [-0.1, -0.05) is 11.6 Å². The SMILES string of the molecule is CN(C(=O)c1ccc(N2CCC(CN3CCN(c4ccc(N5CCN(c6ccc(C#N)c(Cl)c6)CC5)cc4)CC3)CC2)cc1C=O)C1CCC(=O)NC1=O.O=CO. The Balaban J connectivity index is 0.00000177. The van der Waals surface area contributed by atoms with E-state index in [0.29, 0.717) is 28.4 Å². The molecule has 300 valence electrons. The Morgan fingerprint density at radius 2 is 1.32 bits per heavy atom. The van der Waals surface area contributed by atoms with Crippen LogP contribution in [0.1, 0.15) is 52.0 Å². The van der Waals surface area contributed by atoms with Crippen LogP contribution in [0.4, 0.5) is 22.7 Å². The van der Waals surface area contributed by atoms with Crippen molar-refractivity contribution in [2.75, 3.05) is 98.6 Å². The van der Waals surface area contributed by atoms with E-state index < -0.39 is 17.9 Å². The summed E-state index contributed by atoms with van der Waals surface area (Å²) in [5.41, 5.74) is 5.55. The van der Waals surface area contributed by atoms with E-state index in [2.05, 4.69) is 60.2 Å². The Hall–Kier alpha value is -5.65. The third-order valence-electron chi connectivity index (χ3n) is 11.6. The summed E-state index contributed by atoms with van der Waals surface area (Å²) >= 11 is 6.28. The molecule has 2 N–H and O–H groups in total. The Morgan fingerprint density at radius 3 is 1.86 bits per heavy atom. The Labute approximate surface area is 338 Å². The van der Waals surface area contributed by atoms with E-state index in [4.69, 9.17) is 21.5 Å². The van der Waals surface area contributed by atoms with Crippen molar-refractivity contribution in [3.63, 3.8) is 0 Å². The van der Waals surface area contributed by atoms with Crippen LogP contribution in [0.3, 0.4) is 0 Å². The Kier molecular flexibility index (Phi) is 13.7. The van der Waals surface area contributed by atoms with Crippen LogP contribution in [0.2, 0.25) is 5.02 Å². The molecule has 0 aliphatic carbocycles. The molecule has 1 atom stereocenters. The van der Waals surface area contributed by atoms with Crippen LogP contribution >= 0.6 is 11.6 Å². The minimum atomic E-state index is -0.745. The third-order valence-corrected chi connectivity index (χ3v) is 11.9. The summed E-state index contributed by atoms with van der Waals surface area (Å²) in [5.74, 6) is -0.629. The van der Waals surface area contributed by atoms with Crippen LogP contribution in [0.25, 0.3) is 0 Å². The lowest BCUT2D eigenvalue weighted by molar-refractivity contribution is -0.136. The van der Waals surface area contributed by atoms with Crippen LogP contribution in [0, 0.1) is 17.2 Å². The second-order valence-electron chi connectivity index (χ2n) is 14.9. The molecule has 4 heterocycles. The summed E-state index contributed by atoms with van der Waals surface area (Å²) < 4.78 is 0. The number of nitriles is 1. The molecule has 4 aliphatic rings. The molecule has 4 aliphatic heterocycles. The Morgan fingerprint density at radius 1 is 0.807 bits per heavy atom. The van der Waals surface area contributed by atoms with Crippen molar-refractivity contribution in [1.29, 1.82) is 5.26 Å². The average Bonchev–Trinajstić information content (AvgIpc) is 3.24. The van der Waals surface area contributed by atoms with Crippen molar-refractivity contribution >= 4 is 64.8 Å². The van der Waals surface area contributed by atoms with Crippen molar-refractivity contribution in [3.05, 3.63) is 82.4 Å². The van der Waals surface area contributed by atoms with Crippen LogP contribution in [0.15, 0.2) is 60.7 Å². The monoisotopic (exact) mass is 796 g/mol. The van der Waals surface area contributed by atoms with Crippen molar-refractivity contribution in [3.8, 4) is 6.07 Å². The summed E-state index contributed by atoms with van der Waals surface area (Å²) in [6.45, 7) is 10.3. The Bertz CT molecular complexity index is 1970. The smallest absolute Gasteiger partial charge is 0.290 e. The highest BCUT2D eigenvalue weighted by molar-refractivity contribution is 6.32. The number of hydrogen-bond acceptors (Lipinski definition) is 11. The van der Waals surface area contributed by atoms with Gasteiger partial charge in [0.05, 0.1) is 16.1 Å². The second-order valence-corrected chi connectivity index (χ2v) is 15.3. The van der Waals surface area contributed by atoms with Gasteiger partial charge in [-0.2, -0.15) is 5.26 Å². The molecule has 0 bridgehead atoms. The number of piperazine rings is 2. The number of carbonyl (C=O) groups excluding carboxylic acids is 4. The van der Waals surface area contributed by atoms with E-state index in [1.54, 1.807) is 18.2 Å². The predicted molar refractivity (Wildman–Crippen MR) is 219 cm³/mol. The molecule has 7 rings (SSSR count). The summed E-state index contributed by atoms with van der Waals surface area (Å²) in [6, 6.07) is 21.4. The van der Waals surface area contributed by atoms with Gasteiger partial charge in [0.1, 0.15) is 12.1 Å². The van der Waals surface area contributed by atoms with Gasteiger partial charge in [0.2, 0.25) is 11.8 Å². The molecule has 3 amide bonds. The number of rotatable bonds is 9. The highest BCUT2D eigenvalue weighted by Gasteiger charge is 2.33. The van der Waals surface area contributed by atoms with Crippen molar-refractivity contribution in [2.45, 2.75) is 31.7 Å². The number of imide groups is 1. The number of halogens is 1. The lowest BCUT2D eigenvalue weighted by atomic mass is 9.95. The largest absolute Gasteiger partial charge is 0.483 e. The van der Waals surface area contributed by atoms with Gasteiger partial charge >= 0.3 is 0 Å². The van der Waals surface area contributed by atoms with Gasteiger partial charge in [-0.25, -0.2) is 0 Å². The maximum Gasteiger partial charge on any atom is 0.290 e. The van der Waals surface area contributed by atoms with Crippen LogP contribution in [-0.4, -0.2) is 130 Å². The molecule has 4 saturated heterocycles. The first-order valence-corrected chi connectivity index (χ1v) is 19.8. The minimum absolute atomic E-state index is 0.176. The maximum absolute atomic E-state index is 13.3. The molecule has 4 fully saturated rings. The van der Waals surface area contributed by atoms with E-state index in [9.17, 15) is 24.4 Å². The first-order valence-electron chi connectivity index (χ1n) is 19.4. The topological polar surface area (TPSA) is 161 Å². The van der Waals surface area contributed by atoms with E-state index in [0.717, 1.165) is 96.2 Å². The number of carboxylic acid groups (broad SMARTS) is 1. The van der Waals surface area contributed by atoms with Crippen LogP contribution in [-0.2, 0) is 14.4 Å². The molecule has 57 heavy (non-hydrogen) atoms. The fraction of sp³-hybridized carbons (Fsp3) is 0.429. The summed E-state index contributed by atoms with van der Waals surface area (Å²) in [6.07, 6.45) is 3.27. The van der Waals surface area contributed by atoms with Crippen LogP contribution in [0.5, 0.6) is 0 Å². The number of amides is 3. The number of piperidine rings is 2. The number of aldehydes is 1. The third kappa shape index (κ3) is 9.84. The van der Waals surface area contributed by atoms with Gasteiger partial charge < -0.3 is 29.6 Å². The number of carbonyl (C=O) groups is 5. The molecule has 3 aromatic carbocycles. The van der Waals surface area contributed by atoms with Crippen molar-refractivity contribution < 1.29 is 29.1 Å². The quantitative estimate of drug-likeness (QED) is 0.237. The minimum Gasteiger partial charge on any atom is -0.483 e. The second kappa shape index (κ2) is 19.0. The number of anilines is 4. The molecule has 0 radical (unpaired) electrons. The lowest BCUT2D eigenvalue weighted by Crippen LogP contribution is -2.53. The molecule has 3 aromatic rings. The zero-order valence-corrected chi connectivity index (χ0v) is 32.9. The molecule has 0 spiro atoms. The van der Waals surface area contributed by atoms with Crippen molar-refractivity contribution in [2.24, 2.45) is 5.92 Å². The fourth-order valence-electron chi connectivity index (χ4n) is 8.24. The normalized spacial score (nSPS) is 19.2. The first kappa shape index (κ1) is 41.0. The van der Waals surface area contributed by atoms with E-state index in [1.165, 1.54) is 23.3 Å². The fourth-order valence-corrected chi connectivity index (χ4v) is 8.46. The number of benzene rings is 3. The van der Waals surface area contributed by atoms with E-state index in [-0.39, 0.29) is 30.8 Å². The van der Waals surface area contributed by atoms with Gasteiger partial charge in [0, 0.05) is 114 Å². The number of nitrogens with zero attached hydrogens (tertiary/aromatic N) is 7. The molecular weight excluding hydrogens is 748 g/mol.